The van der Waals surface area contributed by atoms with Crippen LogP contribution in [-0.2, 0) is 4.74 Å². The number of rotatable bonds is 6. The van der Waals surface area contributed by atoms with Crippen LogP contribution < -0.4 is 0 Å². The zero-order valence-electron chi connectivity index (χ0n) is 11.8. The molecule has 100 valence electrons. The molecule has 0 radical (unpaired) electrons. The van der Waals surface area contributed by atoms with Crippen LogP contribution in [0.1, 0.15) is 78.1 Å². The lowest BCUT2D eigenvalue weighted by molar-refractivity contribution is -0.0147. The second kappa shape index (κ2) is 6.78. The summed E-state index contributed by atoms with van der Waals surface area (Å²) in [6, 6.07) is 0. The highest BCUT2D eigenvalue weighted by molar-refractivity contribution is 4.73. The molecule has 0 spiro atoms. The fourth-order valence-corrected chi connectivity index (χ4v) is 3.94. The van der Waals surface area contributed by atoms with Gasteiger partial charge in [0.15, 0.2) is 0 Å². The van der Waals surface area contributed by atoms with Crippen LogP contribution in [-0.4, -0.2) is 12.2 Å². The predicted molar refractivity (Wildman–Crippen MR) is 73.2 cm³/mol. The first kappa shape index (κ1) is 13.4. The summed E-state index contributed by atoms with van der Waals surface area (Å²) in [5, 5.41) is 0. The van der Waals surface area contributed by atoms with Crippen LogP contribution in [0.2, 0.25) is 0 Å². The summed E-state index contributed by atoms with van der Waals surface area (Å²) in [4.78, 5) is 0. The van der Waals surface area contributed by atoms with Gasteiger partial charge in [-0.2, -0.15) is 0 Å². The molecular formula is C16H30O. The molecule has 2 atom stereocenters. The second-order valence-corrected chi connectivity index (χ2v) is 6.53. The molecule has 0 aromatic rings. The molecule has 0 aromatic carbocycles. The second-order valence-electron chi connectivity index (χ2n) is 6.53. The molecule has 2 aliphatic carbocycles. The van der Waals surface area contributed by atoms with Gasteiger partial charge in [0.05, 0.1) is 12.2 Å². The predicted octanol–water partition coefficient (Wildman–Crippen LogP) is 4.94. The quantitative estimate of drug-likeness (QED) is 0.637. The number of ether oxygens (including phenoxy) is 1. The fraction of sp³-hybridized carbons (Fsp3) is 1.00. The molecule has 17 heavy (non-hydrogen) atoms. The van der Waals surface area contributed by atoms with Crippen molar-refractivity contribution in [2.24, 2.45) is 11.8 Å². The molecule has 0 aromatic heterocycles. The summed E-state index contributed by atoms with van der Waals surface area (Å²) >= 11 is 0. The molecule has 0 bridgehead atoms. The van der Waals surface area contributed by atoms with E-state index in [0.717, 1.165) is 11.8 Å². The molecule has 0 saturated heterocycles. The first-order valence-electron chi connectivity index (χ1n) is 7.89. The third-order valence-corrected chi connectivity index (χ3v) is 4.74. The van der Waals surface area contributed by atoms with Crippen LogP contribution >= 0.6 is 0 Å². The molecule has 0 aliphatic heterocycles. The number of hydrogen-bond acceptors (Lipinski definition) is 1. The van der Waals surface area contributed by atoms with Crippen molar-refractivity contribution >= 4 is 0 Å². The Balaban J connectivity index is 1.60. The summed E-state index contributed by atoms with van der Waals surface area (Å²) in [5.41, 5.74) is 0. The van der Waals surface area contributed by atoms with E-state index in [1.165, 1.54) is 64.2 Å². The van der Waals surface area contributed by atoms with Gasteiger partial charge < -0.3 is 4.74 Å². The van der Waals surface area contributed by atoms with E-state index < -0.39 is 0 Å². The van der Waals surface area contributed by atoms with Gasteiger partial charge in [-0.3, -0.25) is 0 Å². The third kappa shape index (κ3) is 4.62. The topological polar surface area (TPSA) is 9.23 Å². The monoisotopic (exact) mass is 238 g/mol. The molecule has 2 rings (SSSR count). The van der Waals surface area contributed by atoms with Gasteiger partial charge in [-0.05, 0) is 38.5 Å². The minimum Gasteiger partial charge on any atom is -0.376 e. The van der Waals surface area contributed by atoms with Gasteiger partial charge in [-0.15, -0.1) is 0 Å². The van der Waals surface area contributed by atoms with E-state index in [0.29, 0.717) is 12.2 Å². The fourth-order valence-electron chi connectivity index (χ4n) is 3.94. The van der Waals surface area contributed by atoms with Crippen LogP contribution in [0.25, 0.3) is 0 Å². The number of hydrogen-bond donors (Lipinski definition) is 0. The molecule has 2 aliphatic rings. The maximum absolute atomic E-state index is 6.17. The van der Waals surface area contributed by atoms with Gasteiger partial charge in [-0.25, -0.2) is 0 Å². The Morgan fingerprint density at radius 1 is 0.765 bits per heavy atom. The Hall–Kier alpha value is -0.0400. The third-order valence-electron chi connectivity index (χ3n) is 4.74. The van der Waals surface area contributed by atoms with Crippen molar-refractivity contribution < 1.29 is 4.74 Å². The van der Waals surface area contributed by atoms with Crippen molar-refractivity contribution in [2.75, 3.05) is 0 Å². The minimum absolute atomic E-state index is 0.481. The highest BCUT2D eigenvalue weighted by Crippen LogP contribution is 2.31. The Morgan fingerprint density at radius 3 is 1.47 bits per heavy atom. The first-order chi connectivity index (χ1) is 8.24. The van der Waals surface area contributed by atoms with Crippen molar-refractivity contribution in [1.29, 1.82) is 0 Å². The summed E-state index contributed by atoms with van der Waals surface area (Å²) < 4.78 is 6.17. The van der Waals surface area contributed by atoms with Crippen LogP contribution in [0, 0.1) is 11.8 Å². The van der Waals surface area contributed by atoms with Crippen LogP contribution in [0.5, 0.6) is 0 Å². The smallest absolute Gasteiger partial charge is 0.0553 e. The largest absolute Gasteiger partial charge is 0.376 e. The van der Waals surface area contributed by atoms with Gasteiger partial charge in [0, 0.05) is 0 Å². The van der Waals surface area contributed by atoms with Crippen molar-refractivity contribution in [3.63, 3.8) is 0 Å². The van der Waals surface area contributed by atoms with Gasteiger partial charge in [-0.1, -0.05) is 51.4 Å². The van der Waals surface area contributed by atoms with E-state index >= 15 is 0 Å². The first-order valence-corrected chi connectivity index (χ1v) is 7.89. The lowest BCUT2D eigenvalue weighted by atomic mass is 9.99. The van der Waals surface area contributed by atoms with Gasteiger partial charge in [0.2, 0.25) is 0 Å². The Morgan fingerprint density at radius 2 is 1.12 bits per heavy atom. The zero-order valence-corrected chi connectivity index (χ0v) is 11.8. The van der Waals surface area contributed by atoms with Gasteiger partial charge >= 0.3 is 0 Å². The summed E-state index contributed by atoms with van der Waals surface area (Å²) in [6.45, 7) is 4.56. The van der Waals surface area contributed by atoms with Crippen molar-refractivity contribution in [3.8, 4) is 0 Å². The van der Waals surface area contributed by atoms with Crippen LogP contribution in [0.3, 0.4) is 0 Å². The normalized spacial score (nSPS) is 26.5. The lowest BCUT2D eigenvalue weighted by Crippen LogP contribution is -2.21. The maximum atomic E-state index is 6.17. The standard InChI is InChI=1S/C16H30O/c1-13(11-15-7-3-4-8-15)17-14(2)12-16-9-5-6-10-16/h13-16H,3-12H2,1-2H3. The van der Waals surface area contributed by atoms with E-state index in [2.05, 4.69) is 13.8 Å². The van der Waals surface area contributed by atoms with Crippen LogP contribution in [0.4, 0.5) is 0 Å². The molecule has 2 unspecified atom stereocenters. The summed E-state index contributed by atoms with van der Waals surface area (Å²) in [6.07, 6.45) is 15.2. The van der Waals surface area contributed by atoms with E-state index in [9.17, 15) is 0 Å². The highest BCUT2D eigenvalue weighted by atomic mass is 16.5. The molecule has 1 heteroatoms. The lowest BCUT2D eigenvalue weighted by Gasteiger charge is -2.23. The average Bonchev–Trinajstić information content (AvgIpc) is 2.90. The van der Waals surface area contributed by atoms with Crippen molar-refractivity contribution in [3.05, 3.63) is 0 Å². The Bertz CT molecular complexity index is 180. The SMILES string of the molecule is CC(CC1CCCC1)OC(C)CC1CCCC1. The molecule has 0 heterocycles. The minimum atomic E-state index is 0.481. The Labute approximate surface area is 107 Å². The summed E-state index contributed by atoms with van der Waals surface area (Å²) in [5.74, 6) is 1.92. The highest BCUT2D eigenvalue weighted by Gasteiger charge is 2.22. The maximum Gasteiger partial charge on any atom is 0.0553 e. The van der Waals surface area contributed by atoms with Crippen molar-refractivity contribution in [2.45, 2.75) is 90.3 Å². The zero-order chi connectivity index (χ0) is 12.1. The molecule has 2 saturated carbocycles. The molecule has 2 fully saturated rings. The van der Waals surface area contributed by atoms with Gasteiger partial charge in [0.25, 0.3) is 0 Å². The van der Waals surface area contributed by atoms with E-state index in [-0.39, 0.29) is 0 Å². The van der Waals surface area contributed by atoms with E-state index in [4.69, 9.17) is 4.74 Å². The van der Waals surface area contributed by atoms with E-state index in [1.807, 2.05) is 0 Å². The van der Waals surface area contributed by atoms with Crippen LogP contribution in [0.15, 0.2) is 0 Å². The summed E-state index contributed by atoms with van der Waals surface area (Å²) in [7, 11) is 0. The van der Waals surface area contributed by atoms with Gasteiger partial charge in [0.1, 0.15) is 0 Å². The van der Waals surface area contributed by atoms with Crippen molar-refractivity contribution in [1.82, 2.24) is 0 Å². The molecule has 0 N–H and O–H groups in total. The molecule has 0 amide bonds. The average molecular weight is 238 g/mol. The molecular weight excluding hydrogens is 208 g/mol. The molecule has 1 nitrogen and oxygen atoms in total. The Kier molecular flexibility index (Phi) is 5.34. The van der Waals surface area contributed by atoms with E-state index in [1.54, 1.807) is 0 Å².